The highest BCUT2D eigenvalue weighted by atomic mass is 16.2. The van der Waals surface area contributed by atoms with Gasteiger partial charge in [0.15, 0.2) is 0 Å². The van der Waals surface area contributed by atoms with E-state index in [4.69, 9.17) is 17.3 Å². The highest BCUT2D eigenvalue weighted by Crippen LogP contribution is 2.00. The fourth-order valence-electron chi connectivity index (χ4n) is 1.13. The number of unbranched alkanes of at least 4 members (excludes halogenated alkanes) is 1. The predicted octanol–water partition coefficient (Wildman–Crippen LogP) is -0.445. The van der Waals surface area contributed by atoms with Gasteiger partial charge in [0.25, 0.3) is 5.91 Å². The Bertz CT molecular complexity index is 147. The molecule has 6 N–H and O–H groups in total. The highest BCUT2D eigenvalue weighted by Gasteiger charge is 2.17. The topological polar surface area (TPSA) is 98.4 Å². The monoisotopic (exact) mass is 202 g/mol. The number of amides is 1. The van der Waals surface area contributed by atoms with Crippen molar-refractivity contribution in [3.8, 4) is 0 Å². The molecule has 0 spiro atoms. The number of nitrogens with two attached hydrogens (primary N) is 3. The van der Waals surface area contributed by atoms with Gasteiger partial charge in [0.2, 0.25) is 0 Å². The van der Waals surface area contributed by atoms with E-state index in [1.807, 2.05) is 0 Å². The summed E-state index contributed by atoms with van der Waals surface area (Å²) in [6.45, 7) is 3.08. The molecule has 0 radical (unpaired) electrons. The Balaban J connectivity index is 3.78. The van der Waals surface area contributed by atoms with Gasteiger partial charge in [0.05, 0.1) is 6.04 Å². The average molecular weight is 202 g/mol. The summed E-state index contributed by atoms with van der Waals surface area (Å²) in [5.74, 6) is 5.34. The molecule has 0 fully saturated rings. The van der Waals surface area contributed by atoms with Gasteiger partial charge < -0.3 is 11.5 Å². The van der Waals surface area contributed by atoms with Crippen LogP contribution < -0.4 is 17.3 Å². The number of carbonyl (C=O) groups is 1. The maximum Gasteiger partial charge on any atom is 0.253 e. The van der Waals surface area contributed by atoms with Crippen LogP contribution in [0.1, 0.15) is 32.6 Å². The van der Waals surface area contributed by atoms with Gasteiger partial charge in [-0.25, -0.2) is 5.84 Å². The van der Waals surface area contributed by atoms with E-state index in [-0.39, 0.29) is 5.91 Å². The van der Waals surface area contributed by atoms with E-state index in [2.05, 4.69) is 6.92 Å². The van der Waals surface area contributed by atoms with Gasteiger partial charge in [0.1, 0.15) is 0 Å². The minimum atomic E-state index is -0.460. The minimum absolute atomic E-state index is 0.188. The Labute approximate surface area is 85.6 Å². The van der Waals surface area contributed by atoms with Crippen molar-refractivity contribution < 1.29 is 4.79 Å². The molecular formula is C9H22N4O. The SMILES string of the molecule is CCCCC(N)C(=O)N(N)CCCN. The van der Waals surface area contributed by atoms with Crippen molar-refractivity contribution in [2.75, 3.05) is 13.1 Å². The lowest BCUT2D eigenvalue weighted by atomic mass is 10.1. The lowest BCUT2D eigenvalue weighted by molar-refractivity contribution is -0.133. The van der Waals surface area contributed by atoms with Crippen molar-refractivity contribution in [2.24, 2.45) is 17.3 Å². The van der Waals surface area contributed by atoms with E-state index < -0.39 is 6.04 Å². The smallest absolute Gasteiger partial charge is 0.253 e. The standard InChI is InChI=1S/C9H22N4O/c1-2-3-5-8(11)9(14)13(12)7-4-6-10/h8H,2-7,10-12H2,1H3. The second kappa shape index (κ2) is 7.73. The Morgan fingerprint density at radius 2 is 2.07 bits per heavy atom. The maximum absolute atomic E-state index is 11.5. The van der Waals surface area contributed by atoms with E-state index in [1.165, 1.54) is 5.01 Å². The lowest BCUT2D eigenvalue weighted by Crippen LogP contribution is -2.48. The van der Waals surface area contributed by atoms with Crippen molar-refractivity contribution >= 4 is 5.91 Å². The molecule has 0 bridgehead atoms. The first-order chi connectivity index (χ1) is 6.63. The molecule has 14 heavy (non-hydrogen) atoms. The first-order valence-electron chi connectivity index (χ1n) is 5.15. The zero-order valence-corrected chi connectivity index (χ0v) is 8.91. The first-order valence-corrected chi connectivity index (χ1v) is 5.15. The molecule has 0 rings (SSSR count). The molecule has 0 saturated heterocycles. The fourth-order valence-corrected chi connectivity index (χ4v) is 1.13. The van der Waals surface area contributed by atoms with E-state index >= 15 is 0 Å². The molecule has 0 aromatic rings. The van der Waals surface area contributed by atoms with Gasteiger partial charge in [-0.3, -0.25) is 9.80 Å². The van der Waals surface area contributed by atoms with Gasteiger partial charge in [0, 0.05) is 6.54 Å². The lowest BCUT2D eigenvalue weighted by Gasteiger charge is -2.20. The van der Waals surface area contributed by atoms with E-state index in [0.717, 1.165) is 12.8 Å². The molecule has 5 nitrogen and oxygen atoms in total. The number of hydrogen-bond acceptors (Lipinski definition) is 4. The van der Waals surface area contributed by atoms with Crippen LogP contribution in [-0.4, -0.2) is 30.0 Å². The van der Waals surface area contributed by atoms with Crippen LogP contribution in [0.25, 0.3) is 0 Å². The van der Waals surface area contributed by atoms with Crippen LogP contribution in [0.3, 0.4) is 0 Å². The van der Waals surface area contributed by atoms with Crippen LogP contribution in [0.2, 0.25) is 0 Å². The molecule has 5 heteroatoms. The number of nitrogens with zero attached hydrogens (tertiary/aromatic N) is 1. The number of hydrogen-bond donors (Lipinski definition) is 3. The quantitative estimate of drug-likeness (QED) is 0.296. The third-order valence-electron chi connectivity index (χ3n) is 2.07. The second-order valence-corrected chi connectivity index (χ2v) is 3.42. The van der Waals surface area contributed by atoms with Crippen LogP contribution in [0.5, 0.6) is 0 Å². The summed E-state index contributed by atoms with van der Waals surface area (Å²) in [6, 6.07) is -0.460. The summed E-state index contributed by atoms with van der Waals surface area (Å²) in [4.78, 5) is 11.5. The highest BCUT2D eigenvalue weighted by molar-refractivity contribution is 5.80. The van der Waals surface area contributed by atoms with E-state index in [1.54, 1.807) is 0 Å². The molecule has 0 heterocycles. The fraction of sp³-hybridized carbons (Fsp3) is 0.889. The molecule has 0 aromatic heterocycles. The average Bonchev–Trinajstić information content (AvgIpc) is 2.21. The molecule has 1 atom stereocenters. The van der Waals surface area contributed by atoms with Gasteiger partial charge in [-0.1, -0.05) is 19.8 Å². The summed E-state index contributed by atoms with van der Waals surface area (Å²) >= 11 is 0. The van der Waals surface area contributed by atoms with Crippen LogP contribution in [0.4, 0.5) is 0 Å². The molecule has 0 aliphatic heterocycles. The maximum atomic E-state index is 11.5. The Kier molecular flexibility index (Phi) is 7.37. The Morgan fingerprint density at radius 3 is 2.57 bits per heavy atom. The Hall–Kier alpha value is -0.650. The third kappa shape index (κ3) is 5.16. The second-order valence-electron chi connectivity index (χ2n) is 3.42. The van der Waals surface area contributed by atoms with Crippen molar-refractivity contribution in [1.29, 1.82) is 0 Å². The zero-order valence-electron chi connectivity index (χ0n) is 8.91. The van der Waals surface area contributed by atoms with Crippen LogP contribution >= 0.6 is 0 Å². The summed E-state index contributed by atoms with van der Waals surface area (Å²) < 4.78 is 0. The van der Waals surface area contributed by atoms with Crippen molar-refractivity contribution in [3.05, 3.63) is 0 Å². The van der Waals surface area contributed by atoms with Crippen LogP contribution in [0.15, 0.2) is 0 Å². The molecule has 1 amide bonds. The van der Waals surface area contributed by atoms with Crippen molar-refractivity contribution in [3.63, 3.8) is 0 Å². The van der Waals surface area contributed by atoms with Gasteiger partial charge in [-0.05, 0) is 19.4 Å². The Morgan fingerprint density at radius 1 is 1.43 bits per heavy atom. The van der Waals surface area contributed by atoms with Crippen molar-refractivity contribution in [2.45, 2.75) is 38.6 Å². The summed E-state index contributed by atoms with van der Waals surface area (Å²) in [5.41, 5.74) is 11.0. The first kappa shape index (κ1) is 13.4. The molecule has 0 aromatic carbocycles. The molecule has 0 saturated carbocycles. The van der Waals surface area contributed by atoms with Crippen LogP contribution in [0, 0.1) is 0 Å². The van der Waals surface area contributed by atoms with E-state index in [9.17, 15) is 4.79 Å². The van der Waals surface area contributed by atoms with Crippen LogP contribution in [-0.2, 0) is 4.79 Å². The van der Waals surface area contributed by atoms with Gasteiger partial charge in [-0.15, -0.1) is 0 Å². The van der Waals surface area contributed by atoms with E-state index in [0.29, 0.717) is 25.9 Å². The minimum Gasteiger partial charge on any atom is -0.330 e. The third-order valence-corrected chi connectivity index (χ3v) is 2.07. The van der Waals surface area contributed by atoms with Crippen molar-refractivity contribution in [1.82, 2.24) is 5.01 Å². The molecule has 84 valence electrons. The predicted molar refractivity (Wildman–Crippen MR) is 57.1 cm³/mol. The zero-order chi connectivity index (χ0) is 11.0. The molecule has 0 aliphatic carbocycles. The summed E-state index contributed by atoms with van der Waals surface area (Å²) in [7, 11) is 0. The van der Waals surface area contributed by atoms with Gasteiger partial charge in [-0.2, -0.15) is 0 Å². The molecule has 0 aliphatic rings. The summed E-state index contributed by atoms with van der Waals surface area (Å²) in [5, 5.41) is 1.17. The molecular weight excluding hydrogens is 180 g/mol. The normalized spacial score (nSPS) is 12.6. The number of rotatable bonds is 7. The largest absolute Gasteiger partial charge is 0.330 e. The molecule has 1 unspecified atom stereocenters. The summed E-state index contributed by atoms with van der Waals surface area (Å²) in [6.07, 6.45) is 3.40. The van der Waals surface area contributed by atoms with Gasteiger partial charge >= 0.3 is 0 Å². The number of carbonyl (C=O) groups excluding carboxylic acids is 1. The number of hydrazine groups is 1.